The van der Waals surface area contributed by atoms with Gasteiger partial charge >= 0.3 is 0 Å². The van der Waals surface area contributed by atoms with Crippen molar-refractivity contribution in [3.63, 3.8) is 0 Å². The van der Waals surface area contributed by atoms with Crippen LogP contribution < -0.4 is 4.90 Å². The van der Waals surface area contributed by atoms with Crippen molar-refractivity contribution in [1.29, 1.82) is 0 Å². The highest BCUT2D eigenvalue weighted by Gasteiger charge is 2.21. The van der Waals surface area contributed by atoms with Crippen LogP contribution in [0.5, 0.6) is 0 Å². The van der Waals surface area contributed by atoms with Crippen molar-refractivity contribution in [3.05, 3.63) is 58.0 Å². The number of nitrogens with zero attached hydrogens (tertiary/aromatic N) is 3. The number of rotatable bonds is 3. The van der Waals surface area contributed by atoms with Crippen LogP contribution in [-0.2, 0) is 6.54 Å². The van der Waals surface area contributed by atoms with E-state index >= 15 is 0 Å². The topological polar surface area (TPSA) is 32.5 Å². The Morgan fingerprint density at radius 1 is 1.08 bits per heavy atom. The lowest BCUT2D eigenvalue weighted by Crippen LogP contribution is -2.46. The highest BCUT2D eigenvalue weighted by Crippen LogP contribution is 2.33. The van der Waals surface area contributed by atoms with Gasteiger partial charge in [-0.05, 0) is 24.3 Å². The van der Waals surface area contributed by atoms with Gasteiger partial charge in [0.2, 0.25) is 0 Å². The molecule has 25 heavy (non-hydrogen) atoms. The second-order valence-corrected chi connectivity index (χ2v) is 6.89. The van der Waals surface area contributed by atoms with Crippen LogP contribution in [0.4, 0.5) is 10.1 Å². The maximum Gasteiger partial charge on any atom is 0.170 e. The van der Waals surface area contributed by atoms with E-state index in [0.717, 1.165) is 42.9 Å². The average molecular weight is 380 g/mol. The van der Waals surface area contributed by atoms with Gasteiger partial charge in [-0.3, -0.25) is 4.90 Å². The quantitative estimate of drug-likeness (QED) is 0.665. The minimum absolute atomic E-state index is 0.317. The summed E-state index contributed by atoms with van der Waals surface area (Å²) in [5.74, 6) is -0.317. The van der Waals surface area contributed by atoms with E-state index in [2.05, 4.69) is 15.0 Å². The first-order valence-corrected chi connectivity index (χ1v) is 8.82. The highest BCUT2D eigenvalue weighted by molar-refractivity contribution is 6.43. The van der Waals surface area contributed by atoms with E-state index < -0.39 is 0 Å². The number of aromatic nitrogens is 1. The van der Waals surface area contributed by atoms with Gasteiger partial charge in [-0.15, -0.1) is 0 Å². The second kappa shape index (κ2) is 6.83. The summed E-state index contributed by atoms with van der Waals surface area (Å²) in [7, 11) is 0. The van der Waals surface area contributed by atoms with Gasteiger partial charge in [0.1, 0.15) is 11.5 Å². The lowest BCUT2D eigenvalue weighted by molar-refractivity contribution is 0.243. The van der Waals surface area contributed by atoms with Gasteiger partial charge in [0, 0.05) is 44.2 Å². The van der Waals surface area contributed by atoms with Crippen molar-refractivity contribution in [2.45, 2.75) is 6.54 Å². The molecule has 0 N–H and O–H groups in total. The predicted molar refractivity (Wildman–Crippen MR) is 97.9 cm³/mol. The van der Waals surface area contributed by atoms with Crippen LogP contribution in [0, 0.1) is 5.82 Å². The second-order valence-electron chi connectivity index (χ2n) is 6.11. The molecule has 0 radical (unpaired) electrons. The average Bonchev–Trinajstić information content (AvgIpc) is 3.00. The SMILES string of the molecule is Fc1ccc2c(CN3CCN(c4cccc(Cl)c4Cl)CC3)noc2c1. The Balaban J connectivity index is 1.44. The van der Waals surface area contributed by atoms with E-state index in [1.807, 2.05) is 12.1 Å². The Hall–Kier alpha value is -1.82. The zero-order chi connectivity index (χ0) is 17.4. The zero-order valence-corrected chi connectivity index (χ0v) is 14.9. The Morgan fingerprint density at radius 3 is 2.68 bits per heavy atom. The third-order valence-corrected chi connectivity index (χ3v) is 5.34. The smallest absolute Gasteiger partial charge is 0.170 e. The normalized spacial score (nSPS) is 15.9. The van der Waals surface area contributed by atoms with E-state index in [1.54, 1.807) is 12.1 Å². The van der Waals surface area contributed by atoms with Crippen LogP contribution in [0.15, 0.2) is 40.9 Å². The summed E-state index contributed by atoms with van der Waals surface area (Å²) < 4.78 is 18.5. The number of piperazine rings is 1. The molecule has 0 aliphatic carbocycles. The molecule has 0 unspecified atom stereocenters. The molecule has 1 aromatic heterocycles. The van der Waals surface area contributed by atoms with Crippen LogP contribution in [0.3, 0.4) is 0 Å². The number of halogens is 3. The summed E-state index contributed by atoms with van der Waals surface area (Å²) in [6, 6.07) is 10.2. The Bertz CT molecular complexity index is 906. The molecule has 0 atom stereocenters. The van der Waals surface area contributed by atoms with Gasteiger partial charge in [-0.1, -0.05) is 34.4 Å². The van der Waals surface area contributed by atoms with Crippen molar-refractivity contribution in [1.82, 2.24) is 10.1 Å². The summed E-state index contributed by atoms with van der Waals surface area (Å²) >= 11 is 12.4. The van der Waals surface area contributed by atoms with E-state index in [9.17, 15) is 4.39 Å². The van der Waals surface area contributed by atoms with E-state index in [1.165, 1.54) is 12.1 Å². The molecule has 4 nitrogen and oxygen atoms in total. The fraction of sp³-hybridized carbons (Fsp3) is 0.278. The van der Waals surface area contributed by atoms with E-state index in [0.29, 0.717) is 22.2 Å². The molecule has 2 heterocycles. The van der Waals surface area contributed by atoms with Gasteiger partial charge in [-0.25, -0.2) is 4.39 Å². The molecule has 4 rings (SSSR count). The van der Waals surface area contributed by atoms with E-state index in [4.69, 9.17) is 27.7 Å². The molecule has 1 fully saturated rings. The fourth-order valence-electron chi connectivity index (χ4n) is 3.17. The number of hydrogen-bond acceptors (Lipinski definition) is 4. The monoisotopic (exact) mass is 379 g/mol. The molecule has 1 aliphatic heterocycles. The Morgan fingerprint density at radius 2 is 1.88 bits per heavy atom. The summed E-state index contributed by atoms with van der Waals surface area (Å²) in [6.07, 6.45) is 0. The molecule has 0 saturated carbocycles. The number of anilines is 1. The van der Waals surface area contributed by atoms with Crippen molar-refractivity contribution < 1.29 is 8.91 Å². The molecule has 130 valence electrons. The van der Waals surface area contributed by atoms with Gasteiger partial charge in [-0.2, -0.15) is 0 Å². The zero-order valence-electron chi connectivity index (χ0n) is 13.4. The predicted octanol–water partition coefficient (Wildman–Crippen LogP) is 4.60. The molecular formula is C18H16Cl2FN3O. The van der Waals surface area contributed by atoms with Crippen LogP contribution in [0.25, 0.3) is 11.0 Å². The van der Waals surface area contributed by atoms with Gasteiger partial charge in [0.25, 0.3) is 0 Å². The van der Waals surface area contributed by atoms with Crippen LogP contribution in [0.1, 0.15) is 5.69 Å². The first-order valence-electron chi connectivity index (χ1n) is 8.07. The van der Waals surface area contributed by atoms with Gasteiger partial charge in [0.15, 0.2) is 5.58 Å². The van der Waals surface area contributed by atoms with Crippen LogP contribution >= 0.6 is 23.2 Å². The van der Waals surface area contributed by atoms with Gasteiger partial charge in [0.05, 0.1) is 15.7 Å². The molecule has 7 heteroatoms. The fourth-order valence-corrected chi connectivity index (χ4v) is 3.59. The maximum atomic E-state index is 13.2. The van der Waals surface area contributed by atoms with Crippen molar-refractivity contribution >= 4 is 39.9 Å². The molecule has 2 aromatic carbocycles. The maximum absolute atomic E-state index is 13.2. The Labute approximate surface area is 154 Å². The van der Waals surface area contributed by atoms with Crippen molar-refractivity contribution in [2.75, 3.05) is 31.1 Å². The number of hydrogen-bond donors (Lipinski definition) is 0. The molecule has 0 amide bonds. The largest absolute Gasteiger partial charge is 0.368 e. The Kier molecular flexibility index (Phi) is 4.54. The molecular weight excluding hydrogens is 364 g/mol. The molecule has 1 aliphatic rings. The van der Waals surface area contributed by atoms with Crippen LogP contribution in [0.2, 0.25) is 10.0 Å². The first kappa shape index (κ1) is 16.6. The molecule has 0 bridgehead atoms. The van der Waals surface area contributed by atoms with E-state index in [-0.39, 0.29) is 5.82 Å². The van der Waals surface area contributed by atoms with Crippen LogP contribution in [-0.4, -0.2) is 36.2 Å². The molecule has 3 aromatic rings. The number of fused-ring (bicyclic) bond motifs is 1. The summed E-state index contributed by atoms with van der Waals surface area (Å²) in [4.78, 5) is 4.54. The minimum atomic E-state index is -0.317. The first-order chi connectivity index (χ1) is 12.1. The summed E-state index contributed by atoms with van der Waals surface area (Å²) in [5.41, 5.74) is 2.29. The van der Waals surface area contributed by atoms with Crippen molar-refractivity contribution in [3.8, 4) is 0 Å². The third-order valence-electron chi connectivity index (χ3n) is 4.53. The standard InChI is InChI=1S/C18H16Cl2FN3O/c19-14-2-1-3-16(18(14)20)24-8-6-23(7-9-24)11-15-13-5-4-12(21)10-17(13)25-22-15/h1-5,10H,6-9,11H2. The summed E-state index contributed by atoms with van der Waals surface area (Å²) in [5, 5.41) is 6.13. The number of benzene rings is 2. The molecule has 0 spiro atoms. The minimum Gasteiger partial charge on any atom is -0.368 e. The lowest BCUT2D eigenvalue weighted by Gasteiger charge is -2.36. The van der Waals surface area contributed by atoms with Crippen molar-refractivity contribution in [2.24, 2.45) is 0 Å². The highest BCUT2D eigenvalue weighted by atomic mass is 35.5. The summed E-state index contributed by atoms with van der Waals surface area (Å²) in [6.45, 7) is 4.13. The third kappa shape index (κ3) is 3.32. The molecule has 1 saturated heterocycles. The van der Waals surface area contributed by atoms with Gasteiger partial charge < -0.3 is 9.42 Å². The lowest BCUT2D eigenvalue weighted by atomic mass is 10.2.